The van der Waals surface area contributed by atoms with Gasteiger partial charge in [-0.25, -0.2) is 0 Å². The van der Waals surface area contributed by atoms with Gasteiger partial charge in [-0.05, 0) is 85.2 Å². The molecule has 0 N–H and O–H groups in total. The Morgan fingerprint density at radius 1 is 1.11 bits per heavy atom. The number of allylic oxidation sites excluding steroid dienone is 2. The van der Waals surface area contributed by atoms with Gasteiger partial charge in [-0.3, -0.25) is 19.7 Å². The first kappa shape index (κ1) is 24.9. The minimum Gasteiger partial charge on any atom is -0.462 e. The first-order chi connectivity index (χ1) is 17.1. The highest BCUT2D eigenvalue weighted by Gasteiger charge is 2.59. The molecule has 0 unspecified atom stereocenters. The van der Waals surface area contributed by atoms with E-state index in [1.165, 1.54) is 24.6 Å². The second-order valence-electron chi connectivity index (χ2n) is 12.0. The van der Waals surface area contributed by atoms with Gasteiger partial charge in [0, 0.05) is 31.4 Å². The molecule has 0 saturated heterocycles. The number of rotatable bonds is 5. The lowest BCUT2D eigenvalue weighted by molar-refractivity contribution is -0.384. The van der Waals surface area contributed by atoms with Crippen LogP contribution in [0.1, 0.15) is 77.7 Å². The lowest BCUT2D eigenvalue weighted by Crippen LogP contribution is -2.51. The minimum atomic E-state index is -0.409. The van der Waals surface area contributed by atoms with E-state index in [9.17, 15) is 19.7 Å². The molecule has 6 nitrogen and oxygen atoms in total. The number of benzene rings is 1. The van der Waals surface area contributed by atoms with Crippen molar-refractivity contribution in [1.82, 2.24) is 0 Å². The van der Waals surface area contributed by atoms with Crippen molar-refractivity contribution in [3.63, 3.8) is 0 Å². The molecule has 0 spiro atoms. The molecule has 3 fully saturated rings. The summed E-state index contributed by atoms with van der Waals surface area (Å²) in [4.78, 5) is 35.6. The van der Waals surface area contributed by atoms with Gasteiger partial charge in [0.25, 0.3) is 5.69 Å². The Morgan fingerprint density at radius 2 is 1.92 bits per heavy atom. The van der Waals surface area contributed by atoms with Gasteiger partial charge in [0.1, 0.15) is 6.10 Å². The molecule has 0 aliphatic heterocycles. The second kappa shape index (κ2) is 9.28. The van der Waals surface area contributed by atoms with Gasteiger partial charge in [0.15, 0.2) is 5.78 Å². The second-order valence-corrected chi connectivity index (χ2v) is 12.0. The predicted molar refractivity (Wildman–Crippen MR) is 138 cm³/mol. The molecule has 1 aromatic carbocycles. The van der Waals surface area contributed by atoms with E-state index >= 15 is 0 Å². The third-order valence-electron chi connectivity index (χ3n) is 10.3. The number of fused-ring (bicyclic) bond motifs is 5. The van der Waals surface area contributed by atoms with Gasteiger partial charge >= 0.3 is 5.97 Å². The number of hydrogen-bond donors (Lipinski definition) is 0. The maximum Gasteiger partial charge on any atom is 0.302 e. The molecular weight excluding hydrogens is 454 g/mol. The largest absolute Gasteiger partial charge is 0.462 e. The van der Waals surface area contributed by atoms with E-state index in [1.54, 1.807) is 24.3 Å². The fourth-order valence-corrected chi connectivity index (χ4v) is 8.47. The van der Waals surface area contributed by atoms with Crippen molar-refractivity contribution in [2.45, 2.75) is 78.2 Å². The summed E-state index contributed by atoms with van der Waals surface area (Å²) in [6.07, 6.45) is 14.0. The molecule has 0 bridgehead atoms. The summed E-state index contributed by atoms with van der Waals surface area (Å²) in [5.41, 5.74) is 2.38. The van der Waals surface area contributed by atoms with Crippen LogP contribution in [0.25, 0.3) is 6.08 Å². The van der Waals surface area contributed by atoms with Crippen molar-refractivity contribution in [3.05, 3.63) is 57.7 Å². The van der Waals surface area contributed by atoms with E-state index in [4.69, 9.17) is 4.74 Å². The van der Waals surface area contributed by atoms with E-state index < -0.39 is 4.92 Å². The van der Waals surface area contributed by atoms with Crippen LogP contribution in [-0.2, 0) is 14.3 Å². The molecule has 1 aromatic rings. The number of nitro benzene ring substituents is 1. The van der Waals surface area contributed by atoms with Gasteiger partial charge in [-0.1, -0.05) is 43.7 Å². The number of nitrogens with zero attached hydrogens (tertiary/aromatic N) is 1. The van der Waals surface area contributed by atoms with E-state index in [0.29, 0.717) is 23.3 Å². The monoisotopic (exact) mass is 491 g/mol. The average molecular weight is 492 g/mol. The number of ether oxygens (including phenoxy) is 1. The molecule has 5 rings (SSSR count). The Kier molecular flexibility index (Phi) is 6.42. The summed E-state index contributed by atoms with van der Waals surface area (Å²) in [5, 5.41) is 11.1. The lowest BCUT2D eigenvalue weighted by Gasteiger charge is -2.58. The Balaban J connectivity index is 1.32. The van der Waals surface area contributed by atoms with Crippen LogP contribution in [0, 0.1) is 44.6 Å². The van der Waals surface area contributed by atoms with E-state index in [-0.39, 0.29) is 40.3 Å². The summed E-state index contributed by atoms with van der Waals surface area (Å²) < 4.78 is 5.56. The fourth-order valence-electron chi connectivity index (χ4n) is 8.47. The first-order valence-corrected chi connectivity index (χ1v) is 13.4. The predicted octanol–water partition coefficient (Wildman–Crippen LogP) is 6.69. The summed E-state index contributed by atoms with van der Waals surface area (Å²) in [6.45, 7) is 6.27. The Labute approximate surface area is 213 Å². The summed E-state index contributed by atoms with van der Waals surface area (Å²) in [7, 11) is 0. The van der Waals surface area contributed by atoms with Crippen LogP contribution in [0.15, 0.2) is 42.0 Å². The van der Waals surface area contributed by atoms with Gasteiger partial charge < -0.3 is 4.74 Å². The normalized spacial score (nSPS) is 37.4. The van der Waals surface area contributed by atoms with Gasteiger partial charge in [-0.2, -0.15) is 0 Å². The van der Waals surface area contributed by atoms with Crippen LogP contribution in [0.4, 0.5) is 5.69 Å². The third-order valence-corrected chi connectivity index (χ3v) is 10.3. The smallest absolute Gasteiger partial charge is 0.302 e. The van der Waals surface area contributed by atoms with Crippen molar-refractivity contribution < 1.29 is 19.2 Å². The highest BCUT2D eigenvalue weighted by molar-refractivity contribution is 5.96. The molecule has 3 saturated carbocycles. The zero-order valence-corrected chi connectivity index (χ0v) is 21.6. The number of hydrogen-bond acceptors (Lipinski definition) is 5. The van der Waals surface area contributed by atoms with E-state index in [1.807, 2.05) is 0 Å². The first-order valence-electron chi connectivity index (χ1n) is 13.4. The Hall–Kier alpha value is -2.76. The molecule has 36 heavy (non-hydrogen) atoms. The lowest BCUT2D eigenvalue weighted by atomic mass is 9.47. The van der Waals surface area contributed by atoms with Crippen LogP contribution in [0.3, 0.4) is 0 Å². The molecule has 192 valence electrons. The summed E-state index contributed by atoms with van der Waals surface area (Å²) in [6, 6.07) is 6.43. The standard InChI is InChI=1S/C30H37NO5/c1-19(32)36-23-13-15-29(2)21(18-23)8-9-24-25-10-11-27(30(25,3)16-14-26(24)29)28(33)12-7-20-5-4-6-22(17-20)31(34)35/h4-8,12,17,23-27H,9-11,13-16,18H2,1-3H3/b12-7+/t23-,24-,25-,26-,27+,29-,30-/m0/s1. The van der Waals surface area contributed by atoms with Crippen molar-refractivity contribution >= 4 is 23.5 Å². The number of esters is 1. The average Bonchev–Trinajstić information content (AvgIpc) is 3.20. The highest BCUT2D eigenvalue weighted by Crippen LogP contribution is 2.66. The maximum absolute atomic E-state index is 13.4. The SMILES string of the molecule is CC(=O)O[C@H]1CC[C@@]2(C)C(=CC[C@H]3[C@@H]4CC[C@H](C(=O)/C=C/c5cccc([N+](=O)[O-])c5)[C@@]4(C)CC[C@@H]32)C1. The molecule has 6 heteroatoms. The number of carbonyl (C=O) groups is 2. The van der Waals surface area contributed by atoms with Gasteiger partial charge in [0.05, 0.1) is 4.92 Å². The van der Waals surface area contributed by atoms with Crippen LogP contribution < -0.4 is 0 Å². The summed E-state index contributed by atoms with van der Waals surface area (Å²) >= 11 is 0. The zero-order valence-electron chi connectivity index (χ0n) is 21.6. The number of non-ortho nitro benzene ring substituents is 1. The maximum atomic E-state index is 13.4. The number of carbonyl (C=O) groups excluding carboxylic acids is 2. The fraction of sp³-hybridized carbons (Fsp3) is 0.600. The molecule has 0 heterocycles. The van der Waals surface area contributed by atoms with Gasteiger partial charge in [0.2, 0.25) is 0 Å². The third kappa shape index (κ3) is 4.22. The van der Waals surface area contributed by atoms with E-state index in [0.717, 1.165) is 51.4 Å². The van der Waals surface area contributed by atoms with Crippen LogP contribution in [0.2, 0.25) is 0 Å². The van der Waals surface area contributed by atoms with Crippen LogP contribution >= 0.6 is 0 Å². The van der Waals surface area contributed by atoms with Crippen LogP contribution in [0.5, 0.6) is 0 Å². The molecular formula is C30H37NO5. The van der Waals surface area contributed by atoms with E-state index in [2.05, 4.69) is 19.9 Å². The minimum absolute atomic E-state index is 0.00191. The van der Waals surface area contributed by atoms with Crippen molar-refractivity contribution in [2.75, 3.05) is 0 Å². The van der Waals surface area contributed by atoms with Crippen molar-refractivity contribution in [1.29, 1.82) is 0 Å². The van der Waals surface area contributed by atoms with Gasteiger partial charge in [-0.15, -0.1) is 0 Å². The van der Waals surface area contributed by atoms with Crippen LogP contribution in [-0.4, -0.2) is 22.8 Å². The molecule has 4 aliphatic carbocycles. The molecule has 7 atom stereocenters. The molecule has 4 aliphatic rings. The Bertz CT molecular complexity index is 1140. The summed E-state index contributed by atoms with van der Waals surface area (Å²) in [5.74, 6) is 1.75. The zero-order chi connectivity index (χ0) is 25.7. The topological polar surface area (TPSA) is 86.5 Å². The molecule has 0 radical (unpaired) electrons. The molecule has 0 amide bonds. The molecule has 0 aromatic heterocycles. The number of nitro groups is 1. The highest BCUT2D eigenvalue weighted by atomic mass is 16.6. The van der Waals surface area contributed by atoms with Crippen molar-refractivity contribution in [3.8, 4) is 0 Å². The quantitative estimate of drug-likeness (QED) is 0.151. The van der Waals surface area contributed by atoms with Crippen molar-refractivity contribution in [2.24, 2.45) is 34.5 Å². The number of ketones is 1. The Morgan fingerprint density at radius 3 is 2.67 bits per heavy atom.